The second-order valence-electron chi connectivity index (χ2n) is 6.92. The maximum absolute atomic E-state index is 15.1. The lowest BCUT2D eigenvalue weighted by molar-refractivity contribution is -0.116. The number of aryl methyl sites for hydroxylation is 2. The van der Waals surface area contributed by atoms with Crippen LogP contribution in [0.3, 0.4) is 0 Å². The predicted octanol–water partition coefficient (Wildman–Crippen LogP) is 3.24. The molecular formula is C21H21F2N3O2. The van der Waals surface area contributed by atoms with E-state index >= 15 is 4.39 Å². The minimum Gasteiger partial charge on any atom is -0.365 e. The van der Waals surface area contributed by atoms with Gasteiger partial charge in [-0.15, -0.1) is 0 Å². The number of H-pyrrole nitrogens is 1. The number of fused-ring (bicyclic) bond motifs is 1. The Morgan fingerprint density at radius 2 is 2.00 bits per heavy atom. The molecule has 0 bridgehead atoms. The first kappa shape index (κ1) is 19.6. The highest BCUT2D eigenvalue weighted by Crippen LogP contribution is 2.39. The molecule has 1 aromatic carbocycles. The summed E-state index contributed by atoms with van der Waals surface area (Å²) >= 11 is 0. The number of allylic oxidation sites excluding steroid dienone is 1. The number of amides is 2. The molecule has 146 valence electrons. The number of rotatable bonds is 3. The van der Waals surface area contributed by atoms with Crippen LogP contribution in [0.2, 0.25) is 0 Å². The Balaban J connectivity index is 2.15. The van der Waals surface area contributed by atoms with Gasteiger partial charge in [-0.05, 0) is 57.1 Å². The minimum atomic E-state index is -1.26. The lowest BCUT2D eigenvalue weighted by Crippen LogP contribution is -2.35. The Labute approximate surface area is 161 Å². The molecule has 1 aromatic heterocycles. The van der Waals surface area contributed by atoms with Crippen molar-refractivity contribution in [1.29, 1.82) is 0 Å². The number of halogens is 2. The van der Waals surface area contributed by atoms with Crippen LogP contribution in [0.5, 0.6) is 0 Å². The smallest absolute Gasteiger partial charge is 0.296 e. The number of carbonyl (C=O) groups excluding carboxylic acids is 2. The van der Waals surface area contributed by atoms with Gasteiger partial charge in [0.05, 0.1) is 5.52 Å². The largest absolute Gasteiger partial charge is 0.365 e. The van der Waals surface area contributed by atoms with Crippen molar-refractivity contribution in [2.24, 2.45) is 5.73 Å². The van der Waals surface area contributed by atoms with Gasteiger partial charge in [0, 0.05) is 22.7 Å². The molecule has 3 rings (SSSR count). The Morgan fingerprint density at radius 3 is 2.64 bits per heavy atom. The van der Waals surface area contributed by atoms with E-state index in [0.29, 0.717) is 35.9 Å². The van der Waals surface area contributed by atoms with E-state index in [1.54, 1.807) is 20.8 Å². The maximum Gasteiger partial charge on any atom is 0.296 e. The summed E-state index contributed by atoms with van der Waals surface area (Å²) in [6.07, 6.45) is 3.46. The molecular weight excluding hydrogens is 364 g/mol. The van der Waals surface area contributed by atoms with Crippen LogP contribution < -0.4 is 11.1 Å². The molecule has 0 saturated carbocycles. The highest BCUT2D eigenvalue weighted by molar-refractivity contribution is 6.09. The number of benzene rings is 1. The Bertz CT molecular complexity index is 1090. The molecule has 0 fully saturated rings. The molecule has 0 saturated heterocycles. The van der Waals surface area contributed by atoms with E-state index in [1.807, 2.05) is 6.08 Å². The molecule has 0 aliphatic heterocycles. The van der Waals surface area contributed by atoms with E-state index in [2.05, 4.69) is 22.1 Å². The van der Waals surface area contributed by atoms with Crippen LogP contribution in [0, 0.1) is 37.3 Å². The van der Waals surface area contributed by atoms with Gasteiger partial charge in [-0.2, -0.15) is 0 Å². The molecule has 4 N–H and O–H groups in total. The molecule has 2 amide bonds. The zero-order valence-electron chi connectivity index (χ0n) is 15.9. The first-order chi connectivity index (χ1) is 13.3. The van der Waals surface area contributed by atoms with Gasteiger partial charge in [0.15, 0.2) is 11.6 Å². The number of primary amides is 1. The van der Waals surface area contributed by atoms with Crippen molar-refractivity contribution in [1.82, 2.24) is 10.3 Å². The molecule has 0 spiro atoms. The average molecular weight is 385 g/mol. The predicted molar refractivity (Wildman–Crippen MR) is 103 cm³/mol. The third-order valence-electron chi connectivity index (χ3n) is 5.15. The Kier molecular flexibility index (Phi) is 5.23. The molecule has 2 aromatic rings. The third kappa shape index (κ3) is 3.26. The first-order valence-corrected chi connectivity index (χ1v) is 8.98. The van der Waals surface area contributed by atoms with E-state index in [1.165, 1.54) is 0 Å². The SMILES string of the molecule is CC#CC(=O)N[C@H]1CCC=C(c2c(F)c(F)c(C(N)=O)c3[nH]c(C)c(C)c23)C1. The Morgan fingerprint density at radius 1 is 1.29 bits per heavy atom. The van der Waals surface area contributed by atoms with Crippen LogP contribution in [0.15, 0.2) is 6.08 Å². The van der Waals surface area contributed by atoms with E-state index < -0.39 is 29.0 Å². The van der Waals surface area contributed by atoms with E-state index in [0.717, 1.165) is 5.56 Å². The summed E-state index contributed by atoms with van der Waals surface area (Å²) in [7, 11) is 0. The van der Waals surface area contributed by atoms with Gasteiger partial charge in [0.25, 0.3) is 11.8 Å². The van der Waals surface area contributed by atoms with Crippen molar-refractivity contribution >= 4 is 28.3 Å². The van der Waals surface area contributed by atoms with Crippen molar-refractivity contribution in [2.45, 2.75) is 46.1 Å². The molecule has 5 nitrogen and oxygen atoms in total. The quantitative estimate of drug-likeness (QED) is 0.709. The first-order valence-electron chi connectivity index (χ1n) is 8.98. The molecule has 28 heavy (non-hydrogen) atoms. The van der Waals surface area contributed by atoms with Crippen LogP contribution in [0.4, 0.5) is 8.78 Å². The monoisotopic (exact) mass is 385 g/mol. The van der Waals surface area contributed by atoms with Gasteiger partial charge in [0.2, 0.25) is 0 Å². The molecule has 0 unspecified atom stereocenters. The fraction of sp³-hybridized carbons (Fsp3) is 0.333. The van der Waals surface area contributed by atoms with E-state index in [9.17, 15) is 14.0 Å². The van der Waals surface area contributed by atoms with Gasteiger partial charge >= 0.3 is 0 Å². The van der Waals surface area contributed by atoms with Crippen LogP contribution >= 0.6 is 0 Å². The van der Waals surface area contributed by atoms with Gasteiger partial charge in [-0.25, -0.2) is 8.78 Å². The van der Waals surface area contributed by atoms with Crippen LogP contribution in [0.1, 0.15) is 53.4 Å². The van der Waals surface area contributed by atoms with Gasteiger partial charge < -0.3 is 16.0 Å². The summed E-state index contributed by atoms with van der Waals surface area (Å²) in [4.78, 5) is 26.5. The zero-order chi connectivity index (χ0) is 20.6. The summed E-state index contributed by atoms with van der Waals surface area (Å²) in [6.45, 7) is 5.11. The van der Waals surface area contributed by atoms with Gasteiger partial charge in [0.1, 0.15) is 5.56 Å². The van der Waals surface area contributed by atoms with E-state index in [-0.39, 0.29) is 17.1 Å². The van der Waals surface area contributed by atoms with Crippen molar-refractivity contribution in [3.63, 3.8) is 0 Å². The lowest BCUT2D eigenvalue weighted by Gasteiger charge is -2.24. The topological polar surface area (TPSA) is 88.0 Å². The Hall–Kier alpha value is -3.14. The van der Waals surface area contributed by atoms with Crippen LogP contribution in [-0.4, -0.2) is 22.8 Å². The fourth-order valence-corrected chi connectivity index (χ4v) is 3.76. The second kappa shape index (κ2) is 7.47. The van der Waals surface area contributed by atoms with Crippen LogP contribution in [-0.2, 0) is 4.79 Å². The number of aromatic nitrogens is 1. The standard InChI is InChI=1S/C21H21F2N3O2/c1-4-6-14(27)26-13-8-5-7-12(9-13)16-15-10(2)11(3)25-20(15)17(21(24)28)19(23)18(16)22/h7,13,25H,5,8-9H2,1-3H3,(H2,24,28)(H,26,27)/t13-/m0/s1. The maximum atomic E-state index is 15.1. The molecule has 0 radical (unpaired) electrons. The van der Waals surface area contributed by atoms with Crippen LogP contribution in [0.25, 0.3) is 16.5 Å². The summed E-state index contributed by atoms with van der Waals surface area (Å²) in [5, 5.41) is 3.24. The van der Waals surface area contributed by atoms with Gasteiger partial charge in [-0.3, -0.25) is 9.59 Å². The number of nitrogens with one attached hydrogen (secondary N) is 2. The molecule has 1 heterocycles. The third-order valence-corrected chi connectivity index (χ3v) is 5.15. The van der Waals surface area contributed by atoms with Crippen molar-refractivity contribution in [3.05, 3.63) is 40.1 Å². The number of nitrogens with two attached hydrogens (primary N) is 1. The minimum absolute atomic E-state index is 0.111. The normalized spacial score (nSPS) is 16.3. The summed E-state index contributed by atoms with van der Waals surface area (Å²) in [5.74, 6) is 1.16. The fourth-order valence-electron chi connectivity index (χ4n) is 3.76. The van der Waals surface area contributed by atoms with Crippen molar-refractivity contribution in [2.75, 3.05) is 0 Å². The lowest BCUT2D eigenvalue weighted by atomic mass is 9.86. The number of hydrogen-bond acceptors (Lipinski definition) is 2. The summed E-state index contributed by atoms with van der Waals surface area (Å²) < 4.78 is 29.8. The highest BCUT2D eigenvalue weighted by Gasteiger charge is 2.29. The summed E-state index contributed by atoms with van der Waals surface area (Å²) in [5.41, 5.74) is 7.13. The second-order valence-corrected chi connectivity index (χ2v) is 6.92. The molecule has 1 atom stereocenters. The zero-order valence-corrected chi connectivity index (χ0v) is 15.9. The molecule has 1 aliphatic carbocycles. The number of aromatic amines is 1. The highest BCUT2D eigenvalue weighted by atomic mass is 19.2. The summed E-state index contributed by atoms with van der Waals surface area (Å²) in [6, 6.07) is -0.234. The van der Waals surface area contributed by atoms with E-state index in [4.69, 9.17) is 5.73 Å². The van der Waals surface area contributed by atoms with Gasteiger partial charge in [-0.1, -0.05) is 12.0 Å². The number of carbonyl (C=O) groups is 2. The molecule has 7 heteroatoms. The van der Waals surface area contributed by atoms with Crippen molar-refractivity contribution in [3.8, 4) is 11.8 Å². The molecule has 1 aliphatic rings. The number of hydrogen-bond donors (Lipinski definition) is 3. The van der Waals surface area contributed by atoms with Crippen molar-refractivity contribution < 1.29 is 18.4 Å². The average Bonchev–Trinajstić information content (AvgIpc) is 2.91.